The van der Waals surface area contributed by atoms with Gasteiger partial charge in [0.2, 0.25) is 5.89 Å². The molecule has 0 bridgehead atoms. The highest BCUT2D eigenvalue weighted by molar-refractivity contribution is 5.56. The predicted octanol–water partition coefficient (Wildman–Crippen LogP) is 2.90. The third-order valence-corrected chi connectivity index (χ3v) is 2.53. The van der Waals surface area contributed by atoms with E-state index in [4.69, 9.17) is 9.15 Å². The summed E-state index contributed by atoms with van der Waals surface area (Å²) in [5.74, 6) is 1.69. The minimum absolute atomic E-state index is 0.0259. The van der Waals surface area contributed by atoms with Gasteiger partial charge >= 0.3 is 0 Å². The van der Waals surface area contributed by atoms with E-state index in [1.54, 1.807) is 19.2 Å². The van der Waals surface area contributed by atoms with Crippen molar-refractivity contribution in [2.24, 2.45) is 0 Å². The van der Waals surface area contributed by atoms with Crippen molar-refractivity contribution >= 4 is 11.4 Å². The number of aryl methyl sites for hydroxylation is 1. The minimum atomic E-state index is -0.455. The molecule has 1 heterocycles. The van der Waals surface area contributed by atoms with E-state index >= 15 is 0 Å². The quantitative estimate of drug-likeness (QED) is 0.645. The summed E-state index contributed by atoms with van der Waals surface area (Å²) < 4.78 is 10.6. The normalized spacial score (nSPS) is 10.3. The molecule has 0 fully saturated rings. The zero-order valence-electron chi connectivity index (χ0n) is 11.3. The highest BCUT2D eigenvalue weighted by Gasteiger charge is 2.11. The molecule has 7 heteroatoms. The maximum Gasteiger partial charge on any atom is 0.275 e. The number of anilines is 1. The van der Waals surface area contributed by atoms with Gasteiger partial charge in [0.1, 0.15) is 11.5 Å². The zero-order chi connectivity index (χ0) is 14.5. The fourth-order valence-electron chi connectivity index (χ4n) is 1.70. The van der Waals surface area contributed by atoms with Gasteiger partial charge < -0.3 is 14.5 Å². The van der Waals surface area contributed by atoms with Crippen LogP contribution in [0.25, 0.3) is 0 Å². The van der Waals surface area contributed by atoms with Gasteiger partial charge in [0, 0.05) is 17.8 Å². The third-order valence-electron chi connectivity index (χ3n) is 2.53. The van der Waals surface area contributed by atoms with Crippen LogP contribution >= 0.6 is 0 Å². The van der Waals surface area contributed by atoms with E-state index in [1.807, 2.05) is 6.92 Å². The summed E-state index contributed by atoms with van der Waals surface area (Å²) in [5, 5.41) is 13.9. The van der Waals surface area contributed by atoms with Crippen molar-refractivity contribution in [2.45, 2.75) is 20.4 Å². The Bertz CT molecular complexity index is 609. The number of non-ortho nitro benzene ring substituents is 1. The lowest BCUT2D eigenvalue weighted by molar-refractivity contribution is -0.384. The standard InChI is InChI=1S/C13H15N3O4/c1-3-19-12-5-10(4-11(6-12)16(17)18)14-8-13-15-7-9(2)20-13/h4-7,14H,3,8H2,1-2H3. The van der Waals surface area contributed by atoms with E-state index in [9.17, 15) is 10.1 Å². The van der Waals surface area contributed by atoms with Crippen LogP contribution < -0.4 is 10.1 Å². The van der Waals surface area contributed by atoms with Crippen molar-refractivity contribution < 1.29 is 14.1 Å². The van der Waals surface area contributed by atoms with Crippen LogP contribution in [0.1, 0.15) is 18.6 Å². The molecule has 2 aromatic rings. The van der Waals surface area contributed by atoms with Crippen molar-refractivity contribution in [1.29, 1.82) is 0 Å². The van der Waals surface area contributed by atoms with Gasteiger partial charge in [0.15, 0.2) is 0 Å². The molecule has 7 nitrogen and oxygen atoms in total. The van der Waals surface area contributed by atoms with E-state index in [2.05, 4.69) is 10.3 Å². The number of hydrogen-bond donors (Lipinski definition) is 1. The van der Waals surface area contributed by atoms with Crippen LogP contribution in [0, 0.1) is 17.0 Å². The number of aromatic nitrogens is 1. The minimum Gasteiger partial charge on any atom is -0.494 e. The number of rotatable bonds is 6. The average molecular weight is 277 g/mol. The largest absolute Gasteiger partial charge is 0.494 e. The first kappa shape index (κ1) is 13.9. The lowest BCUT2D eigenvalue weighted by atomic mass is 10.2. The molecule has 0 amide bonds. The first-order chi connectivity index (χ1) is 9.58. The Balaban J connectivity index is 2.15. The van der Waals surface area contributed by atoms with Crippen LogP contribution in [0.5, 0.6) is 5.75 Å². The summed E-state index contributed by atoms with van der Waals surface area (Å²) in [7, 11) is 0. The maximum absolute atomic E-state index is 10.9. The summed E-state index contributed by atoms with van der Waals surface area (Å²) in [6, 6.07) is 4.54. The van der Waals surface area contributed by atoms with Crippen LogP contribution in [-0.4, -0.2) is 16.5 Å². The molecule has 0 unspecified atom stereocenters. The van der Waals surface area contributed by atoms with Crippen molar-refractivity contribution in [2.75, 3.05) is 11.9 Å². The SMILES string of the molecule is CCOc1cc(NCc2ncc(C)o2)cc([N+](=O)[O-])c1. The van der Waals surface area contributed by atoms with Gasteiger partial charge in [-0.1, -0.05) is 0 Å². The van der Waals surface area contributed by atoms with E-state index in [0.29, 0.717) is 30.5 Å². The molecule has 1 aromatic carbocycles. The maximum atomic E-state index is 10.9. The van der Waals surface area contributed by atoms with Crippen molar-refractivity contribution in [1.82, 2.24) is 4.98 Å². The van der Waals surface area contributed by atoms with E-state index < -0.39 is 4.92 Å². The number of nitro groups is 1. The average Bonchev–Trinajstić information content (AvgIpc) is 2.82. The fraction of sp³-hybridized carbons (Fsp3) is 0.308. The first-order valence-corrected chi connectivity index (χ1v) is 6.16. The Labute approximate surface area is 115 Å². The molecule has 20 heavy (non-hydrogen) atoms. The Morgan fingerprint density at radius 3 is 2.85 bits per heavy atom. The van der Waals surface area contributed by atoms with E-state index in [-0.39, 0.29) is 5.69 Å². The Kier molecular flexibility index (Phi) is 4.19. The van der Waals surface area contributed by atoms with Crippen molar-refractivity contribution in [3.8, 4) is 5.75 Å². The lowest BCUT2D eigenvalue weighted by Crippen LogP contribution is -2.01. The molecular weight excluding hydrogens is 262 g/mol. The third kappa shape index (κ3) is 3.47. The summed E-state index contributed by atoms with van der Waals surface area (Å²) >= 11 is 0. The van der Waals surface area contributed by atoms with E-state index in [1.165, 1.54) is 12.1 Å². The number of oxazole rings is 1. The van der Waals surface area contributed by atoms with Crippen LogP contribution in [0.15, 0.2) is 28.8 Å². The molecule has 0 radical (unpaired) electrons. The van der Waals surface area contributed by atoms with E-state index in [0.717, 1.165) is 5.76 Å². The first-order valence-electron chi connectivity index (χ1n) is 6.16. The van der Waals surface area contributed by atoms with Crippen LogP contribution in [0.3, 0.4) is 0 Å². The lowest BCUT2D eigenvalue weighted by Gasteiger charge is -2.08. The second-order valence-corrected chi connectivity index (χ2v) is 4.12. The molecule has 1 N–H and O–H groups in total. The second kappa shape index (κ2) is 6.05. The highest BCUT2D eigenvalue weighted by Crippen LogP contribution is 2.26. The van der Waals surface area contributed by atoms with Gasteiger partial charge in [0.25, 0.3) is 5.69 Å². The zero-order valence-corrected chi connectivity index (χ0v) is 11.3. The van der Waals surface area contributed by atoms with Crippen molar-refractivity contribution in [3.05, 3.63) is 46.2 Å². The molecule has 1 aromatic heterocycles. The molecule has 0 aliphatic heterocycles. The summed E-state index contributed by atoms with van der Waals surface area (Å²) in [6.45, 7) is 4.42. The smallest absolute Gasteiger partial charge is 0.275 e. The van der Waals surface area contributed by atoms with Gasteiger partial charge in [-0.05, 0) is 13.8 Å². The monoisotopic (exact) mass is 277 g/mol. The Hall–Kier alpha value is -2.57. The molecule has 0 aliphatic rings. The van der Waals surface area contributed by atoms with Gasteiger partial charge in [-0.25, -0.2) is 4.98 Å². The number of nitro benzene ring substituents is 1. The fourth-order valence-corrected chi connectivity index (χ4v) is 1.70. The number of nitrogens with zero attached hydrogens (tertiary/aromatic N) is 2. The topological polar surface area (TPSA) is 90.4 Å². The number of benzene rings is 1. The summed E-state index contributed by atoms with van der Waals surface area (Å²) in [5.41, 5.74) is 0.556. The molecule has 106 valence electrons. The Morgan fingerprint density at radius 1 is 1.45 bits per heavy atom. The van der Waals surface area contributed by atoms with Gasteiger partial charge in [-0.3, -0.25) is 10.1 Å². The second-order valence-electron chi connectivity index (χ2n) is 4.12. The molecule has 0 aliphatic carbocycles. The molecule has 2 rings (SSSR count). The molecular formula is C13H15N3O4. The van der Waals surface area contributed by atoms with Gasteiger partial charge in [-0.2, -0.15) is 0 Å². The van der Waals surface area contributed by atoms with Crippen LogP contribution in [-0.2, 0) is 6.54 Å². The van der Waals surface area contributed by atoms with Crippen LogP contribution in [0.4, 0.5) is 11.4 Å². The summed E-state index contributed by atoms with van der Waals surface area (Å²) in [6.07, 6.45) is 1.62. The van der Waals surface area contributed by atoms with Crippen molar-refractivity contribution in [3.63, 3.8) is 0 Å². The summed E-state index contributed by atoms with van der Waals surface area (Å²) in [4.78, 5) is 14.5. The van der Waals surface area contributed by atoms with Gasteiger partial charge in [0.05, 0.1) is 30.3 Å². The van der Waals surface area contributed by atoms with Gasteiger partial charge in [-0.15, -0.1) is 0 Å². The highest BCUT2D eigenvalue weighted by atomic mass is 16.6. The number of nitrogens with one attached hydrogen (secondary N) is 1. The Morgan fingerprint density at radius 2 is 2.25 bits per heavy atom. The number of hydrogen-bond acceptors (Lipinski definition) is 6. The number of ether oxygens (including phenoxy) is 1. The predicted molar refractivity (Wildman–Crippen MR) is 72.8 cm³/mol. The molecule has 0 saturated heterocycles. The molecule has 0 saturated carbocycles. The molecule has 0 atom stereocenters. The molecule has 0 spiro atoms. The van der Waals surface area contributed by atoms with Crippen LogP contribution in [0.2, 0.25) is 0 Å².